The van der Waals surface area contributed by atoms with Crippen LogP contribution in [0, 0.1) is 0 Å². The van der Waals surface area contributed by atoms with Gasteiger partial charge in [0.05, 0.1) is 13.7 Å². The van der Waals surface area contributed by atoms with Gasteiger partial charge in [-0.2, -0.15) is 4.98 Å². The van der Waals surface area contributed by atoms with Crippen molar-refractivity contribution < 1.29 is 28.9 Å². The van der Waals surface area contributed by atoms with E-state index in [9.17, 15) is 9.59 Å². The van der Waals surface area contributed by atoms with E-state index < -0.39 is 11.8 Å². The maximum atomic E-state index is 12.2. The maximum absolute atomic E-state index is 12.2. The van der Waals surface area contributed by atoms with Crippen molar-refractivity contribution in [3.63, 3.8) is 0 Å². The third-order valence-electron chi connectivity index (χ3n) is 3.79. The van der Waals surface area contributed by atoms with Gasteiger partial charge in [0.1, 0.15) is 12.3 Å². The molecule has 2 heterocycles. The number of nitrogens with zero attached hydrogens (tertiary/aromatic N) is 4. The minimum atomic E-state index is -0.951. The lowest BCUT2D eigenvalue weighted by atomic mass is 10.3. The van der Waals surface area contributed by atoms with E-state index in [0.29, 0.717) is 5.75 Å². The van der Waals surface area contributed by atoms with Gasteiger partial charge in [0.25, 0.3) is 17.7 Å². The molecular weight excluding hydrogens is 408 g/mol. The molecule has 0 aliphatic heterocycles. The Hall–Kier alpha value is -4.32. The molecule has 2 aromatic heterocycles. The van der Waals surface area contributed by atoms with E-state index >= 15 is 0 Å². The van der Waals surface area contributed by atoms with Crippen molar-refractivity contribution in [2.24, 2.45) is 11.5 Å². The lowest BCUT2D eigenvalue weighted by Crippen LogP contribution is -2.18. The second-order valence-corrected chi connectivity index (χ2v) is 5.85. The Bertz CT molecular complexity index is 1120. The topological polar surface area (TPSA) is 186 Å². The molecule has 2 amide bonds. The van der Waals surface area contributed by atoms with Crippen LogP contribution in [-0.2, 0) is 0 Å². The smallest absolute Gasteiger partial charge is 0.271 e. The standard InChI is InChI=1S/C19H18N6O6/c1-29-11-4-2-3-5-12(11)31-14-13(16(21)28)24-18(25-19(14)30-9-8-26)17-22-7-6-10(23-17)15(20)27/h2-7,26H,8-9H2,1H3,(H2,20,27)(H2,21,28). The second-order valence-electron chi connectivity index (χ2n) is 5.85. The van der Waals surface area contributed by atoms with Gasteiger partial charge in [-0.1, -0.05) is 12.1 Å². The number of ether oxygens (including phenoxy) is 3. The zero-order chi connectivity index (χ0) is 22.4. The van der Waals surface area contributed by atoms with Crippen molar-refractivity contribution in [1.82, 2.24) is 19.9 Å². The molecule has 12 heteroatoms. The number of amides is 2. The number of aromatic nitrogens is 4. The summed E-state index contributed by atoms with van der Waals surface area (Å²) in [7, 11) is 1.45. The first-order valence-corrected chi connectivity index (χ1v) is 8.84. The van der Waals surface area contributed by atoms with E-state index in [-0.39, 0.29) is 53.6 Å². The van der Waals surface area contributed by atoms with Crippen molar-refractivity contribution >= 4 is 11.8 Å². The maximum Gasteiger partial charge on any atom is 0.271 e. The molecule has 3 rings (SSSR count). The number of benzene rings is 1. The molecule has 160 valence electrons. The van der Waals surface area contributed by atoms with Gasteiger partial charge in [-0.3, -0.25) is 9.59 Å². The Labute approximate surface area is 175 Å². The SMILES string of the molecule is COc1ccccc1Oc1c(OCCO)nc(-c2nccc(C(N)=O)n2)nc1C(N)=O. The van der Waals surface area contributed by atoms with E-state index in [1.54, 1.807) is 24.3 Å². The summed E-state index contributed by atoms with van der Waals surface area (Å²) in [6, 6.07) is 7.96. The van der Waals surface area contributed by atoms with Crippen LogP contribution < -0.4 is 25.7 Å². The minimum Gasteiger partial charge on any atom is -0.493 e. The molecule has 0 bridgehead atoms. The normalized spacial score (nSPS) is 10.4. The molecular formula is C19H18N6O6. The van der Waals surface area contributed by atoms with Gasteiger partial charge in [-0.05, 0) is 18.2 Å². The van der Waals surface area contributed by atoms with Crippen molar-refractivity contribution in [1.29, 1.82) is 0 Å². The van der Waals surface area contributed by atoms with Crippen molar-refractivity contribution in [2.45, 2.75) is 0 Å². The number of para-hydroxylation sites is 2. The number of rotatable bonds is 9. The number of carbonyl (C=O) groups is 2. The molecule has 0 aliphatic carbocycles. The van der Waals surface area contributed by atoms with E-state index in [4.69, 9.17) is 30.8 Å². The van der Waals surface area contributed by atoms with Crippen LogP contribution in [0.15, 0.2) is 36.5 Å². The van der Waals surface area contributed by atoms with E-state index in [0.717, 1.165) is 0 Å². The number of aliphatic hydroxyl groups excluding tert-OH is 1. The van der Waals surface area contributed by atoms with Crippen LogP contribution in [0.1, 0.15) is 21.0 Å². The summed E-state index contributed by atoms with van der Waals surface area (Å²) in [4.78, 5) is 39.8. The molecule has 3 aromatic rings. The fourth-order valence-corrected chi connectivity index (χ4v) is 2.45. The molecule has 5 N–H and O–H groups in total. The van der Waals surface area contributed by atoms with Crippen molar-refractivity contribution in [2.75, 3.05) is 20.3 Å². The van der Waals surface area contributed by atoms with Gasteiger partial charge in [0.2, 0.25) is 11.6 Å². The number of methoxy groups -OCH3 is 1. The first-order valence-electron chi connectivity index (χ1n) is 8.84. The third kappa shape index (κ3) is 4.82. The predicted octanol–water partition coefficient (Wildman–Crippen LogP) is 0.303. The highest BCUT2D eigenvalue weighted by molar-refractivity contribution is 5.95. The Kier molecular flexibility index (Phi) is 6.52. The monoisotopic (exact) mass is 426 g/mol. The summed E-state index contributed by atoms with van der Waals surface area (Å²) in [5, 5.41) is 9.16. The van der Waals surface area contributed by atoms with Crippen LogP contribution in [0.5, 0.6) is 23.1 Å². The van der Waals surface area contributed by atoms with E-state index in [1.807, 2.05) is 0 Å². The molecule has 0 aliphatic rings. The minimum absolute atomic E-state index is 0.0820. The van der Waals surface area contributed by atoms with Gasteiger partial charge >= 0.3 is 0 Å². The number of primary amides is 2. The second kappa shape index (κ2) is 9.45. The third-order valence-corrected chi connectivity index (χ3v) is 3.79. The van der Waals surface area contributed by atoms with E-state index in [1.165, 1.54) is 19.4 Å². The van der Waals surface area contributed by atoms with Crippen LogP contribution in [-0.4, -0.2) is 57.2 Å². The number of aliphatic hydroxyl groups is 1. The fourth-order valence-electron chi connectivity index (χ4n) is 2.45. The Morgan fingerprint density at radius 1 is 1.00 bits per heavy atom. The van der Waals surface area contributed by atoms with Crippen LogP contribution in [0.4, 0.5) is 0 Å². The zero-order valence-electron chi connectivity index (χ0n) is 16.3. The quantitative estimate of drug-likeness (QED) is 0.430. The lowest BCUT2D eigenvalue weighted by Gasteiger charge is -2.16. The average Bonchev–Trinajstić information content (AvgIpc) is 2.78. The summed E-state index contributed by atoms with van der Waals surface area (Å²) < 4.78 is 16.5. The summed E-state index contributed by atoms with van der Waals surface area (Å²) in [6.45, 7) is -0.508. The number of hydrogen-bond donors (Lipinski definition) is 3. The molecule has 0 saturated heterocycles. The van der Waals surface area contributed by atoms with Crippen molar-refractivity contribution in [3.8, 4) is 34.8 Å². The Morgan fingerprint density at radius 2 is 1.74 bits per heavy atom. The number of carbonyl (C=O) groups excluding carboxylic acids is 2. The molecule has 12 nitrogen and oxygen atoms in total. The van der Waals surface area contributed by atoms with Gasteiger partial charge in [-0.25, -0.2) is 15.0 Å². The molecule has 0 fully saturated rings. The average molecular weight is 426 g/mol. The van der Waals surface area contributed by atoms with Gasteiger partial charge in [0, 0.05) is 6.20 Å². The van der Waals surface area contributed by atoms with Crippen LogP contribution in [0.25, 0.3) is 11.6 Å². The van der Waals surface area contributed by atoms with Crippen LogP contribution in [0.3, 0.4) is 0 Å². The number of hydrogen-bond acceptors (Lipinski definition) is 10. The highest BCUT2D eigenvalue weighted by atomic mass is 16.5. The number of nitrogens with two attached hydrogens (primary N) is 2. The fraction of sp³-hybridized carbons (Fsp3) is 0.158. The molecule has 0 spiro atoms. The van der Waals surface area contributed by atoms with E-state index in [2.05, 4.69) is 19.9 Å². The summed E-state index contributed by atoms with van der Waals surface area (Å²) >= 11 is 0. The molecule has 0 atom stereocenters. The molecule has 1 aromatic carbocycles. The zero-order valence-corrected chi connectivity index (χ0v) is 16.3. The highest BCUT2D eigenvalue weighted by Crippen LogP contribution is 2.38. The Balaban J connectivity index is 2.17. The molecule has 0 unspecified atom stereocenters. The largest absolute Gasteiger partial charge is 0.493 e. The molecule has 0 saturated carbocycles. The first kappa shape index (κ1) is 21.4. The Morgan fingerprint density at radius 3 is 2.39 bits per heavy atom. The summed E-state index contributed by atoms with van der Waals surface area (Å²) in [5.74, 6) is -1.79. The van der Waals surface area contributed by atoms with Crippen LogP contribution in [0.2, 0.25) is 0 Å². The predicted molar refractivity (Wildman–Crippen MR) is 106 cm³/mol. The lowest BCUT2D eigenvalue weighted by molar-refractivity contribution is 0.0984. The summed E-state index contributed by atoms with van der Waals surface area (Å²) in [6.07, 6.45) is 1.28. The van der Waals surface area contributed by atoms with Crippen LogP contribution >= 0.6 is 0 Å². The highest BCUT2D eigenvalue weighted by Gasteiger charge is 2.25. The van der Waals surface area contributed by atoms with Gasteiger partial charge in [0.15, 0.2) is 23.0 Å². The molecule has 0 radical (unpaired) electrons. The van der Waals surface area contributed by atoms with Crippen molar-refractivity contribution in [3.05, 3.63) is 47.9 Å². The van der Waals surface area contributed by atoms with Gasteiger partial charge in [-0.15, -0.1) is 0 Å². The van der Waals surface area contributed by atoms with Gasteiger partial charge < -0.3 is 30.8 Å². The first-order chi connectivity index (χ1) is 14.9. The summed E-state index contributed by atoms with van der Waals surface area (Å²) in [5.41, 5.74) is 10.3. The molecule has 31 heavy (non-hydrogen) atoms.